The molecular weight excluding hydrogens is 525 g/mol. The molecule has 1 aromatic heterocycles. The van der Waals surface area contributed by atoms with Gasteiger partial charge in [0.05, 0.1) is 10.2 Å². The minimum absolute atomic E-state index is 0.0850. The number of halogens is 1. The molecule has 0 bridgehead atoms. The quantitative estimate of drug-likeness (QED) is 0.155. The fourth-order valence-corrected chi connectivity index (χ4v) is 5.35. The fraction of sp³-hybridized carbons (Fsp3) is 0.240. The molecule has 2 aromatic carbocycles. The van der Waals surface area contributed by atoms with E-state index in [2.05, 4.69) is 66.1 Å². The van der Waals surface area contributed by atoms with Crippen molar-refractivity contribution >= 4 is 69.8 Å². The Morgan fingerprint density at radius 1 is 1.17 bits per heavy atom. The lowest BCUT2D eigenvalue weighted by Gasteiger charge is -2.21. The monoisotopic (exact) mass is 553 g/mol. The molecule has 0 amide bonds. The largest absolute Gasteiger partial charge is 0.506 e. The number of rotatable bonds is 7. The van der Waals surface area contributed by atoms with Gasteiger partial charge in [-0.1, -0.05) is 26.1 Å². The molecule has 0 unspecified atom stereocenters. The van der Waals surface area contributed by atoms with E-state index in [1.165, 1.54) is 11.5 Å². The summed E-state index contributed by atoms with van der Waals surface area (Å²) in [4.78, 5) is 11.1. The number of aromatic nitrogens is 2. The summed E-state index contributed by atoms with van der Waals surface area (Å²) < 4.78 is 0.731. The van der Waals surface area contributed by atoms with Gasteiger partial charge in [0.1, 0.15) is 11.6 Å². The van der Waals surface area contributed by atoms with Crippen LogP contribution in [0.15, 0.2) is 52.8 Å². The highest BCUT2D eigenvalue weighted by molar-refractivity contribution is 9.10. The van der Waals surface area contributed by atoms with Crippen LogP contribution in [-0.2, 0) is 0 Å². The van der Waals surface area contributed by atoms with Gasteiger partial charge in [0.25, 0.3) is 0 Å². The van der Waals surface area contributed by atoms with E-state index >= 15 is 0 Å². The van der Waals surface area contributed by atoms with Crippen molar-refractivity contribution in [3.8, 4) is 5.75 Å². The number of fused-ring (bicyclic) bond motifs is 1. The number of allylic oxidation sites excluding steroid dienone is 1. The van der Waals surface area contributed by atoms with Crippen molar-refractivity contribution in [2.24, 2.45) is 0 Å². The van der Waals surface area contributed by atoms with Gasteiger partial charge in [-0.05, 0) is 46.7 Å². The van der Waals surface area contributed by atoms with Crippen LogP contribution in [0.5, 0.6) is 5.75 Å². The van der Waals surface area contributed by atoms with E-state index in [9.17, 15) is 5.11 Å². The van der Waals surface area contributed by atoms with Crippen LogP contribution >= 0.6 is 23.9 Å². The van der Waals surface area contributed by atoms with E-state index in [4.69, 9.17) is 5.41 Å². The Kier molecular flexibility index (Phi) is 7.57. The Morgan fingerprint density at radius 3 is 2.66 bits per heavy atom. The molecule has 4 rings (SSSR count). The van der Waals surface area contributed by atoms with Gasteiger partial charge in [0.2, 0.25) is 5.95 Å². The maximum absolute atomic E-state index is 10.8. The maximum Gasteiger partial charge on any atom is 0.229 e. The highest BCUT2D eigenvalue weighted by Gasteiger charge is 2.21. The summed E-state index contributed by atoms with van der Waals surface area (Å²) in [7, 11) is 3.55. The SMILES string of the molecule is CNC1=C(C=N)c2cc(Nc3ncc(Br)c(Nc4ccccc4P(C)C)n3)c(O)cc2N(C)CC1. The van der Waals surface area contributed by atoms with Crippen LogP contribution in [0.1, 0.15) is 12.0 Å². The van der Waals surface area contributed by atoms with Crippen molar-refractivity contribution in [2.45, 2.75) is 6.42 Å². The van der Waals surface area contributed by atoms with E-state index in [1.54, 1.807) is 12.3 Å². The zero-order chi connectivity index (χ0) is 25.1. The molecule has 0 spiro atoms. The minimum atomic E-state index is -0.298. The third kappa shape index (κ3) is 5.26. The van der Waals surface area contributed by atoms with Crippen LogP contribution in [0.3, 0.4) is 0 Å². The van der Waals surface area contributed by atoms with E-state index in [0.29, 0.717) is 17.5 Å². The van der Waals surface area contributed by atoms with E-state index < -0.39 is 0 Å². The molecule has 0 saturated heterocycles. The van der Waals surface area contributed by atoms with Crippen molar-refractivity contribution in [1.29, 1.82) is 5.41 Å². The lowest BCUT2D eigenvalue weighted by atomic mass is 10.0. The van der Waals surface area contributed by atoms with Crippen LogP contribution in [0, 0.1) is 5.41 Å². The number of nitrogens with one attached hydrogen (secondary N) is 4. The first kappa shape index (κ1) is 24.9. The first-order chi connectivity index (χ1) is 16.8. The second kappa shape index (κ2) is 10.6. The van der Waals surface area contributed by atoms with Crippen LogP contribution in [-0.4, -0.2) is 55.3 Å². The third-order valence-corrected chi connectivity index (χ3v) is 7.85. The molecule has 5 N–H and O–H groups in total. The highest BCUT2D eigenvalue weighted by Crippen LogP contribution is 2.39. The van der Waals surface area contributed by atoms with Gasteiger partial charge in [-0.25, -0.2) is 4.98 Å². The van der Waals surface area contributed by atoms with Crippen molar-refractivity contribution in [1.82, 2.24) is 15.3 Å². The van der Waals surface area contributed by atoms with Gasteiger partial charge < -0.3 is 31.4 Å². The highest BCUT2D eigenvalue weighted by atomic mass is 79.9. The van der Waals surface area contributed by atoms with Crippen molar-refractivity contribution in [2.75, 3.05) is 49.5 Å². The smallest absolute Gasteiger partial charge is 0.229 e. The van der Waals surface area contributed by atoms with Crippen LogP contribution in [0.2, 0.25) is 0 Å². The molecule has 0 radical (unpaired) electrons. The summed E-state index contributed by atoms with van der Waals surface area (Å²) in [5.41, 5.74) is 4.97. The molecule has 1 aliphatic rings. The lowest BCUT2D eigenvalue weighted by molar-refractivity contribution is 0.477. The Morgan fingerprint density at radius 2 is 1.94 bits per heavy atom. The molecule has 1 aliphatic heterocycles. The van der Waals surface area contributed by atoms with E-state index in [1.807, 2.05) is 38.4 Å². The van der Waals surface area contributed by atoms with Crippen molar-refractivity contribution in [3.05, 3.63) is 58.3 Å². The average molecular weight is 554 g/mol. The van der Waals surface area contributed by atoms with Crippen LogP contribution in [0.4, 0.5) is 28.8 Å². The van der Waals surface area contributed by atoms with Gasteiger partial charge in [-0.15, -0.1) is 0 Å². The van der Waals surface area contributed by atoms with Gasteiger partial charge in [0, 0.05) is 73.7 Å². The molecule has 2 heterocycles. The molecule has 8 nitrogen and oxygen atoms in total. The maximum atomic E-state index is 10.8. The lowest BCUT2D eigenvalue weighted by Crippen LogP contribution is -2.19. The van der Waals surface area contributed by atoms with Crippen LogP contribution in [0.25, 0.3) is 5.57 Å². The number of hydrogen-bond acceptors (Lipinski definition) is 8. The number of para-hydroxylation sites is 1. The number of anilines is 5. The number of phenolic OH excluding ortho intramolecular Hbond substituents is 1. The fourth-order valence-electron chi connectivity index (χ4n) is 4.06. The Hall–Kier alpha value is -3.16. The van der Waals surface area contributed by atoms with Gasteiger partial charge in [-0.3, -0.25) is 0 Å². The number of hydrogen-bond donors (Lipinski definition) is 5. The summed E-state index contributed by atoms with van der Waals surface area (Å²) in [5, 5.41) is 29.9. The molecule has 3 aromatic rings. The zero-order valence-corrected chi connectivity index (χ0v) is 22.6. The molecule has 0 saturated carbocycles. The molecule has 0 fully saturated rings. The van der Waals surface area contributed by atoms with Crippen molar-refractivity contribution in [3.63, 3.8) is 0 Å². The third-order valence-electron chi connectivity index (χ3n) is 5.91. The summed E-state index contributed by atoms with van der Waals surface area (Å²) in [6.45, 7) is 5.20. The first-order valence-corrected chi connectivity index (χ1v) is 14.2. The topological polar surface area (TPSA) is 109 Å². The molecule has 182 valence electrons. The molecule has 0 atom stereocenters. The van der Waals surface area contributed by atoms with Gasteiger partial charge >= 0.3 is 0 Å². The van der Waals surface area contributed by atoms with Gasteiger partial charge in [0.15, 0.2) is 0 Å². The van der Waals surface area contributed by atoms with E-state index in [0.717, 1.165) is 45.6 Å². The number of nitrogens with zero attached hydrogens (tertiary/aromatic N) is 3. The predicted molar refractivity (Wildman–Crippen MR) is 152 cm³/mol. The first-order valence-electron chi connectivity index (χ1n) is 11.1. The van der Waals surface area contributed by atoms with Crippen LogP contribution < -0.4 is 26.2 Å². The second-order valence-corrected chi connectivity index (χ2v) is 11.5. The second-order valence-electron chi connectivity index (χ2n) is 8.40. The predicted octanol–water partition coefficient (Wildman–Crippen LogP) is 5.22. The number of aromatic hydroxyl groups is 1. The van der Waals surface area contributed by atoms with E-state index in [-0.39, 0.29) is 13.7 Å². The standard InChI is InChI=1S/C25H29BrN7OP/c1-28-18-9-10-33(2)21-12-22(34)20(11-15(21)16(18)13-27)31-25-29-14-17(26)24(32-25)30-19-7-5-6-8-23(19)35(3)4/h5-8,11-14,27-28,34H,9-10H2,1-4H3,(H2,29,30,31,32). The summed E-state index contributed by atoms with van der Waals surface area (Å²) >= 11 is 3.54. The molecular formula is C25H29BrN7OP. The molecule has 10 heteroatoms. The van der Waals surface area contributed by atoms with Gasteiger partial charge in [-0.2, -0.15) is 4.98 Å². The number of benzene rings is 2. The minimum Gasteiger partial charge on any atom is -0.506 e. The zero-order valence-electron chi connectivity index (χ0n) is 20.1. The summed E-state index contributed by atoms with van der Waals surface area (Å²) in [5.74, 6) is 1.05. The summed E-state index contributed by atoms with van der Waals surface area (Å²) in [6.07, 6.45) is 3.81. The normalized spacial score (nSPS) is 13.4. The number of phenols is 1. The Bertz CT molecular complexity index is 1290. The average Bonchev–Trinajstić information content (AvgIpc) is 2.97. The van der Waals surface area contributed by atoms with Crippen molar-refractivity contribution < 1.29 is 5.11 Å². The Balaban J connectivity index is 1.70. The molecule has 35 heavy (non-hydrogen) atoms. The molecule has 0 aliphatic carbocycles. The summed E-state index contributed by atoms with van der Waals surface area (Å²) in [6, 6.07) is 11.8. The Labute approximate surface area is 215 Å².